The zero-order chi connectivity index (χ0) is 20.1. The number of carbonyl (C=O) groups is 2. The molecule has 0 N–H and O–H groups in total. The molecule has 1 aliphatic heterocycles. The number of ketones is 1. The minimum absolute atomic E-state index is 0.0313. The Bertz CT molecular complexity index is 733. The van der Waals surface area contributed by atoms with Gasteiger partial charge in [-0.1, -0.05) is 13.0 Å². The summed E-state index contributed by atoms with van der Waals surface area (Å²) in [6, 6.07) is 5.85. The normalized spacial score (nSPS) is 24.0. The van der Waals surface area contributed by atoms with Gasteiger partial charge in [0.15, 0.2) is 0 Å². The molecule has 0 amide bonds. The van der Waals surface area contributed by atoms with Crippen LogP contribution in [0.5, 0.6) is 5.75 Å². The molecule has 3 rings (SSSR count). The smallest absolute Gasteiger partial charge is 0.332 e. The monoisotopic (exact) mass is 388 g/mol. The first kappa shape index (κ1) is 20.4. The van der Waals surface area contributed by atoms with E-state index in [1.165, 1.54) is 6.26 Å². The maximum Gasteiger partial charge on any atom is 0.332 e. The molecule has 6 nitrogen and oxygen atoms in total. The molecule has 1 aliphatic carbocycles. The first-order chi connectivity index (χ1) is 13.5. The van der Waals surface area contributed by atoms with E-state index in [4.69, 9.17) is 18.9 Å². The van der Waals surface area contributed by atoms with Gasteiger partial charge < -0.3 is 18.9 Å². The van der Waals surface area contributed by atoms with Crippen molar-refractivity contribution in [1.29, 1.82) is 0 Å². The summed E-state index contributed by atoms with van der Waals surface area (Å²) in [5.74, 6) is 0.262. The van der Waals surface area contributed by atoms with Gasteiger partial charge in [0.05, 0.1) is 18.6 Å². The molecule has 0 radical (unpaired) electrons. The molecule has 1 aromatic rings. The number of carbonyl (C=O) groups excluding carboxylic acids is 2. The van der Waals surface area contributed by atoms with E-state index < -0.39 is 0 Å². The summed E-state index contributed by atoms with van der Waals surface area (Å²) in [5.41, 5.74) is 2.15. The lowest BCUT2D eigenvalue weighted by Gasteiger charge is -2.37. The van der Waals surface area contributed by atoms with Crippen LogP contribution in [0.1, 0.15) is 43.7 Å². The quantitative estimate of drug-likeness (QED) is 0.664. The standard InChI is InChI=1S/C22H28O6/c1-4-7-25-21(23)13-26-16-5-6-18-19(11-16)27-12-20(22(18)24)28-17-9-14(2)8-15(3)10-17/h8-10,12,16,18-19H,4-7,11,13H2,1-3H3. The summed E-state index contributed by atoms with van der Waals surface area (Å²) in [7, 11) is 0. The van der Waals surface area contributed by atoms with E-state index in [1.807, 2.05) is 32.9 Å². The minimum Gasteiger partial charge on any atom is -0.493 e. The molecular formula is C22H28O6. The van der Waals surface area contributed by atoms with E-state index in [9.17, 15) is 9.59 Å². The first-order valence-electron chi connectivity index (χ1n) is 9.89. The van der Waals surface area contributed by atoms with Crippen LogP contribution in [0.15, 0.2) is 30.2 Å². The molecule has 0 spiro atoms. The average Bonchev–Trinajstić information content (AvgIpc) is 2.66. The fourth-order valence-electron chi connectivity index (χ4n) is 3.72. The second-order valence-corrected chi connectivity index (χ2v) is 7.52. The SMILES string of the molecule is CCCOC(=O)COC1CCC2C(=O)C(Oc3cc(C)cc(C)c3)=COC2C1. The highest BCUT2D eigenvalue weighted by Gasteiger charge is 2.41. The van der Waals surface area contributed by atoms with Crippen LogP contribution in [-0.2, 0) is 23.8 Å². The molecule has 2 aliphatic rings. The molecule has 3 unspecified atom stereocenters. The van der Waals surface area contributed by atoms with Crippen LogP contribution in [0.2, 0.25) is 0 Å². The van der Waals surface area contributed by atoms with E-state index in [0.717, 1.165) is 17.5 Å². The van der Waals surface area contributed by atoms with Gasteiger partial charge in [-0.05, 0) is 56.4 Å². The van der Waals surface area contributed by atoms with E-state index in [-0.39, 0.29) is 42.2 Å². The summed E-state index contributed by atoms with van der Waals surface area (Å²) in [5, 5.41) is 0. The van der Waals surface area contributed by atoms with Gasteiger partial charge in [0.25, 0.3) is 0 Å². The second-order valence-electron chi connectivity index (χ2n) is 7.52. The van der Waals surface area contributed by atoms with Crippen LogP contribution in [0.4, 0.5) is 0 Å². The lowest BCUT2D eigenvalue weighted by molar-refractivity contribution is -0.154. The number of hydrogen-bond acceptors (Lipinski definition) is 6. The number of fused-ring (bicyclic) bond motifs is 1. The zero-order valence-corrected chi connectivity index (χ0v) is 16.7. The third-order valence-electron chi connectivity index (χ3n) is 5.00. The Morgan fingerprint density at radius 3 is 2.64 bits per heavy atom. The number of rotatable bonds is 7. The number of benzene rings is 1. The van der Waals surface area contributed by atoms with Crippen molar-refractivity contribution >= 4 is 11.8 Å². The van der Waals surface area contributed by atoms with Crippen LogP contribution in [0.3, 0.4) is 0 Å². The Kier molecular flexibility index (Phi) is 6.73. The van der Waals surface area contributed by atoms with Crippen molar-refractivity contribution in [3.05, 3.63) is 41.3 Å². The number of hydrogen-bond donors (Lipinski definition) is 0. The van der Waals surface area contributed by atoms with Crippen molar-refractivity contribution in [2.24, 2.45) is 5.92 Å². The van der Waals surface area contributed by atoms with Gasteiger partial charge in [0, 0.05) is 6.42 Å². The van der Waals surface area contributed by atoms with E-state index in [0.29, 0.717) is 31.6 Å². The highest BCUT2D eigenvalue weighted by Crippen LogP contribution is 2.35. The van der Waals surface area contributed by atoms with Gasteiger partial charge in [-0.3, -0.25) is 4.79 Å². The van der Waals surface area contributed by atoms with Gasteiger partial charge in [-0.25, -0.2) is 4.79 Å². The summed E-state index contributed by atoms with van der Waals surface area (Å²) >= 11 is 0. The van der Waals surface area contributed by atoms with Crippen molar-refractivity contribution in [3.8, 4) is 5.75 Å². The largest absolute Gasteiger partial charge is 0.493 e. The number of aryl methyl sites for hydroxylation is 2. The summed E-state index contributed by atoms with van der Waals surface area (Å²) < 4.78 is 22.3. The lowest BCUT2D eigenvalue weighted by Crippen LogP contribution is -2.42. The maximum absolute atomic E-state index is 12.8. The molecule has 0 aromatic heterocycles. The van der Waals surface area contributed by atoms with Crippen LogP contribution in [-0.4, -0.2) is 37.2 Å². The van der Waals surface area contributed by atoms with Crippen molar-refractivity contribution in [3.63, 3.8) is 0 Å². The maximum atomic E-state index is 12.8. The van der Waals surface area contributed by atoms with Crippen molar-refractivity contribution in [2.45, 2.75) is 58.7 Å². The van der Waals surface area contributed by atoms with Gasteiger partial charge in [-0.2, -0.15) is 0 Å². The Hall–Kier alpha value is -2.34. The fraction of sp³-hybridized carbons (Fsp3) is 0.545. The zero-order valence-electron chi connectivity index (χ0n) is 16.7. The van der Waals surface area contributed by atoms with Gasteiger partial charge in [0.2, 0.25) is 11.5 Å². The first-order valence-corrected chi connectivity index (χ1v) is 9.89. The van der Waals surface area contributed by atoms with Crippen molar-refractivity contribution in [1.82, 2.24) is 0 Å². The van der Waals surface area contributed by atoms with E-state index >= 15 is 0 Å². The number of ether oxygens (including phenoxy) is 4. The van der Waals surface area contributed by atoms with Crippen LogP contribution in [0.25, 0.3) is 0 Å². The Morgan fingerprint density at radius 1 is 1.18 bits per heavy atom. The van der Waals surface area contributed by atoms with Gasteiger partial charge in [0.1, 0.15) is 24.7 Å². The highest BCUT2D eigenvalue weighted by atomic mass is 16.6. The Labute approximate surface area is 165 Å². The predicted molar refractivity (Wildman–Crippen MR) is 103 cm³/mol. The third kappa shape index (κ3) is 5.13. The molecule has 1 aromatic carbocycles. The van der Waals surface area contributed by atoms with Crippen LogP contribution < -0.4 is 4.74 Å². The summed E-state index contributed by atoms with van der Waals surface area (Å²) in [6.07, 6.45) is 3.76. The molecule has 28 heavy (non-hydrogen) atoms. The highest BCUT2D eigenvalue weighted by molar-refractivity contribution is 5.96. The van der Waals surface area contributed by atoms with Crippen molar-refractivity contribution < 1.29 is 28.5 Å². The van der Waals surface area contributed by atoms with Crippen LogP contribution in [0, 0.1) is 19.8 Å². The molecule has 0 bridgehead atoms. The molecule has 0 saturated heterocycles. The molecule has 1 heterocycles. The number of Topliss-reactive ketones (excluding diaryl/α,β-unsaturated/α-hetero) is 1. The Balaban J connectivity index is 1.56. The molecule has 1 saturated carbocycles. The lowest BCUT2D eigenvalue weighted by atomic mass is 9.80. The minimum atomic E-state index is -0.353. The van der Waals surface area contributed by atoms with Gasteiger partial charge >= 0.3 is 5.97 Å². The molecule has 152 valence electrons. The number of allylic oxidation sites excluding steroid dienone is 1. The van der Waals surface area contributed by atoms with E-state index in [2.05, 4.69) is 6.07 Å². The Morgan fingerprint density at radius 2 is 1.93 bits per heavy atom. The molecule has 6 heteroatoms. The van der Waals surface area contributed by atoms with Crippen LogP contribution >= 0.6 is 0 Å². The third-order valence-corrected chi connectivity index (χ3v) is 5.00. The van der Waals surface area contributed by atoms with Crippen molar-refractivity contribution in [2.75, 3.05) is 13.2 Å². The summed E-state index contributed by atoms with van der Waals surface area (Å²) in [4.78, 5) is 24.4. The predicted octanol–water partition coefficient (Wildman–Crippen LogP) is 3.63. The average molecular weight is 388 g/mol. The second kappa shape index (κ2) is 9.24. The van der Waals surface area contributed by atoms with E-state index in [1.54, 1.807) is 0 Å². The molecule has 3 atom stereocenters. The molecular weight excluding hydrogens is 360 g/mol. The summed E-state index contributed by atoms with van der Waals surface area (Å²) in [6.45, 7) is 6.26. The number of esters is 1. The topological polar surface area (TPSA) is 71.1 Å². The molecule has 1 fully saturated rings. The fourth-order valence-corrected chi connectivity index (χ4v) is 3.72. The van der Waals surface area contributed by atoms with Gasteiger partial charge in [-0.15, -0.1) is 0 Å².